The average Bonchev–Trinajstić information content (AvgIpc) is 2.30. The van der Waals surface area contributed by atoms with E-state index in [0.29, 0.717) is 11.0 Å². The van der Waals surface area contributed by atoms with Crippen molar-refractivity contribution in [3.8, 4) is 11.1 Å². The molecule has 0 saturated carbocycles. The van der Waals surface area contributed by atoms with E-state index in [0.717, 1.165) is 11.1 Å². The lowest BCUT2D eigenvalue weighted by Crippen LogP contribution is -2.31. The first kappa shape index (κ1) is 9.40. The number of hydrogen-bond acceptors (Lipinski definition) is 2. The molecule has 0 amide bonds. The second kappa shape index (κ2) is 3.92. The number of benzene rings is 1. The normalized spacial score (nSPS) is 9.87. The first-order chi connectivity index (χ1) is 7.31. The summed E-state index contributed by atoms with van der Waals surface area (Å²) in [6.45, 7) is 0. The lowest BCUT2D eigenvalue weighted by molar-refractivity contribution is -0.606. The van der Waals surface area contributed by atoms with Crippen molar-refractivity contribution in [2.24, 2.45) is 0 Å². The fourth-order valence-corrected chi connectivity index (χ4v) is 1.39. The summed E-state index contributed by atoms with van der Waals surface area (Å²) in [4.78, 5) is 10.5. The second-order valence-electron chi connectivity index (χ2n) is 3.15. The molecule has 74 valence electrons. The van der Waals surface area contributed by atoms with Crippen molar-refractivity contribution >= 4 is 6.29 Å². The van der Waals surface area contributed by atoms with Crippen LogP contribution in [0.3, 0.4) is 0 Å². The fourth-order valence-electron chi connectivity index (χ4n) is 1.39. The Labute approximate surface area is 87.2 Å². The van der Waals surface area contributed by atoms with Crippen molar-refractivity contribution in [2.45, 2.75) is 0 Å². The molecule has 0 spiro atoms. The van der Waals surface area contributed by atoms with Gasteiger partial charge in [-0.15, -0.1) is 0 Å². The summed E-state index contributed by atoms with van der Waals surface area (Å²) >= 11 is 0. The number of carbonyl (C=O) groups excluding carboxylic acids is 1. The maximum absolute atomic E-state index is 11.3. The zero-order chi connectivity index (χ0) is 10.7. The number of carbonyl (C=O) groups is 1. The minimum absolute atomic E-state index is 0.120. The maximum Gasteiger partial charge on any atom is 0.256 e. The third-order valence-electron chi connectivity index (χ3n) is 2.17. The van der Waals surface area contributed by atoms with Crippen LogP contribution in [0, 0.1) is 5.21 Å². The molecule has 0 radical (unpaired) electrons. The van der Waals surface area contributed by atoms with Crippen molar-refractivity contribution in [1.29, 1.82) is 0 Å². The van der Waals surface area contributed by atoms with E-state index in [9.17, 15) is 10.0 Å². The Balaban J connectivity index is 2.47. The molecule has 0 unspecified atom stereocenters. The molecule has 2 aromatic rings. The molecule has 3 nitrogen and oxygen atoms in total. The largest absolute Gasteiger partial charge is 0.618 e. The molecule has 1 heterocycles. The van der Waals surface area contributed by atoms with Crippen molar-refractivity contribution < 1.29 is 9.52 Å². The molecule has 0 N–H and O–H groups in total. The molecule has 0 aliphatic carbocycles. The van der Waals surface area contributed by atoms with Crippen LogP contribution in [0.25, 0.3) is 11.1 Å². The molecular weight excluding hydrogens is 190 g/mol. The highest BCUT2D eigenvalue weighted by molar-refractivity contribution is 5.71. The van der Waals surface area contributed by atoms with Gasteiger partial charge in [-0.1, -0.05) is 30.3 Å². The van der Waals surface area contributed by atoms with Gasteiger partial charge in [0.05, 0.1) is 0 Å². The van der Waals surface area contributed by atoms with E-state index >= 15 is 0 Å². The Hall–Kier alpha value is -2.16. The van der Waals surface area contributed by atoms with Gasteiger partial charge in [-0.2, -0.15) is 4.73 Å². The Morgan fingerprint density at radius 2 is 1.73 bits per heavy atom. The van der Waals surface area contributed by atoms with Gasteiger partial charge in [0.2, 0.25) is 6.29 Å². The molecule has 15 heavy (non-hydrogen) atoms. The summed E-state index contributed by atoms with van der Waals surface area (Å²) in [7, 11) is 0. The highest BCUT2D eigenvalue weighted by Crippen LogP contribution is 2.16. The van der Waals surface area contributed by atoms with E-state index < -0.39 is 0 Å². The van der Waals surface area contributed by atoms with Gasteiger partial charge in [0, 0.05) is 11.6 Å². The molecule has 0 fully saturated rings. The highest BCUT2D eigenvalue weighted by Gasteiger charge is 2.05. The number of aromatic nitrogens is 1. The van der Waals surface area contributed by atoms with Crippen LogP contribution in [0.4, 0.5) is 0 Å². The lowest BCUT2D eigenvalue weighted by Gasteiger charge is -2.02. The molecule has 0 bridgehead atoms. The van der Waals surface area contributed by atoms with E-state index in [1.165, 1.54) is 12.3 Å². The van der Waals surface area contributed by atoms with Crippen molar-refractivity contribution in [3.63, 3.8) is 0 Å². The van der Waals surface area contributed by atoms with E-state index in [1.54, 1.807) is 6.07 Å². The van der Waals surface area contributed by atoms with Crippen molar-refractivity contribution in [2.75, 3.05) is 0 Å². The zero-order valence-electron chi connectivity index (χ0n) is 7.96. The van der Waals surface area contributed by atoms with Crippen molar-refractivity contribution in [1.82, 2.24) is 0 Å². The Morgan fingerprint density at radius 3 is 2.33 bits per heavy atom. The molecule has 0 aliphatic heterocycles. The molecule has 0 saturated heterocycles. The Bertz CT molecular complexity index is 480. The topological polar surface area (TPSA) is 44.0 Å². The zero-order valence-corrected chi connectivity index (χ0v) is 7.96. The summed E-state index contributed by atoms with van der Waals surface area (Å²) in [5.74, 6) is 0. The smallest absolute Gasteiger partial charge is 0.256 e. The van der Waals surface area contributed by atoms with Gasteiger partial charge >= 0.3 is 0 Å². The van der Waals surface area contributed by atoms with Crippen LogP contribution in [0.15, 0.2) is 48.7 Å². The molecule has 0 atom stereocenters. The van der Waals surface area contributed by atoms with Crippen LogP contribution < -0.4 is 4.73 Å². The Morgan fingerprint density at radius 1 is 1.00 bits per heavy atom. The summed E-state index contributed by atoms with van der Waals surface area (Å²) in [6.07, 6.45) is 1.95. The van der Waals surface area contributed by atoms with Gasteiger partial charge in [-0.05, 0) is 11.6 Å². The van der Waals surface area contributed by atoms with Crippen LogP contribution in [0.2, 0.25) is 0 Å². The fraction of sp³-hybridized carbons (Fsp3) is 0. The number of hydrogen-bond donors (Lipinski definition) is 0. The standard InChI is InChI=1S/C12H9NO2/c14-9-12-7-6-11(8-13(12)15)10-4-2-1-3-5-10/h1-9H. The lowest BCUT2D eigenvalue weighted by atomic mass is 10.1. The predicted molar refractivity (Wildman–Crippen MR) is 56.2 cm³/mol. The van der Waals surface area contributed by atoms with Gasteiger partial charge in [-0.25, -0.2) is 0 Å². The van der Waals surface area contributed by atoms with E-state index in [-0.39, 0.29) is 5.69 Å². The minimum Gasteiger partial charge on any atom is -0.618 e. The van der Waals surface area contributed by atoms with Crippen LogP contribution in [0.5, 0.6) is 0 Å². The third-order valence-corrected chi connectivity index (χ3v) is 2.17. The molecule has 3 heteroatoms. The van der Waals surface area contributed by atoms with Crippen molar-refractivity contribution in [3.05, 3.63) is 59.6 Å². The van der Waals surface area contributed by atoms with Crippen LogP contribution >= 0.6 is 0 Å². The van der Waals surface area contributed by atoms with E-state index in [2.05, 4.69) is 0 Å². The SMILES string of the molecule is O=Cc1ccc(-c2ccccc2)c[n+]1[O-]. The average molecular weight is 199 g/mol. The number of nitrogens with zero attached hydrogens (tertiary/aromatic N) is 1. The van der Waals surface area contributed by atoms with Gasteiger partial charge in [0.25, 0.3) is 5.69 Å². The molecule has 1 aromatic heterocycles. The number of aldehydes is 1. The monoisotopic (exact) mass is 199 g/mol. The Kier molecular flexibility index (Phi) is 2.46. The van der Waals surface area contributed by atoms with Gasteiger partial charge < -0.3 is 5.21 Å². The van der Waals surface area contributed by atoms with Crippen LogP contribution in [-0.2, 0) is 0 Å². The quantitative estimate of drug-likeness (QED) is 0.420. The van der Waals surface area contributed by atoms with Gasteiger partial charge in [-0.3, -0.25) is 4.79 Å². The second-order valence-corrected chi connectivity index (χ2v) is 3.15. The highest BCUT2D eigenvalue weighted by atomic mass is 16.5. The molecule has 2 rings (SSSR count). The predicted octanol–water partition coefficient (Wildman–Crippen LogP) is 1.80. The van der Waals surface area contributed by atoms with Crippen LogP contribution in [-0.4, -0.2) is 6.29 Å². The molecule has 0 aliphatic rings. The first-order valence-electron chi connectivity index (χ1n) is 4.55. The van der Waals surface area contributed by atoms with E-state index in [4.69, 9.17) is 0 Å². The number of rotatable bonds is 2. The molecule has 1 aromatic carbocycles. The summed E-state index contributed by atoms with van der Waals surface area (Å²) < 4.78 is 0.579. The van der Waals surface area contributed by atoms with Crippen LogP contribution in [0.1, 0.15) is 10.5 Å². The summed E-state index contributed by atoms with van der Waals surface area (Å²) in [5, 5.41) is 11.3. The van der Waals surface area contributed by atoms with Gasteiger partial charge in [0.15, 0.2) is 6.20 Å². The van der Waals surface area contributed by atoms with Gasteiger partial charge in [0.1, 0.15) is 0 Å². The first-order valence-corrected chi connectivity index (χ1v) is 4.55. The minimum atomic E-state index is 0.120. The summed E-state index contributed by atoms with van der Waals surface area (Å²) in [5.41, 5.74) is 1.88. The number of pyridine rings is 1. The maximum atomic E-state index is 11.3. The van der Waals surface area contributed by atoms with E-state index in [1.807, 2.05) is 30.3 Å². The third kappa shape index (κ3) is 1.86. The molecular formula is C12H9NO2. The summed E-state index contributed by atoms with van der Waals surface area (Å²) in [6, 6.07) is 12.8.